The van der Waals surface area contributed by atoms with Gasteiger partial charge >= 0.3 is 13.2 Å². The fourth-order valence-electron chi connectivity index (χ4n) is 8.57. The SMILES string of the molecule is C/C(=C/N(C)C1CN(C(c2ccccc2)(c2ccccc2)c2ccccc2)CC(COP(=O)(Cl)N2CCC(NC(=O)c3cccc(-c4ccc(OC(F)(F)F)cc4)c3)CC2)O1)C(=O)NC=O. The van der Waals surface area contributed by atoms with Gasteiger partial charge in [-0.1, -0.05) is 115 Å². The van der Waals surface area contributed by atoms with Crippen LogP contribution in [-0.4, -0.2) is 97.3 Å². The first kappa shape index (κ1) is 48.1. The Morgan fingerprint density at radius 1 is 0.833 bits per heavy atom. The molecule has 2 saturated heterocycles. The van der Waals surface area contributed by atoms with Crippen LogP contribution in [0.4, 0.5) is 13.2 Å². The number of carbonyl (C=O) groups is 3. The number of ether oxygens (including phenoxy) is 2. The lowest BCUT2D eigenvalue weighted by atomic mass is 9.75. The highest BCUT2D eigenvalue weighted by atomic mass is 35.7. The maximum Gasteiger partial charge on any atom is 0.573 e. The Hall–Kier alpha value is -5.80. The molecule has 3 unspecified atom stereocenters. The molecular formula is C49H50ClF3N5O7P. The number of halogens is 4. The van der Waals surface area contributed by atoms with Crippen LogP contribution in [0.3, 0.4) is 0 Å². The number of alkyl halides is 3. The molecule has 0 saturated carbocycles. The van der Waals surface area contributed by atoms with Crippen molar-refractivity contribution in [3.8, 4) is 16.9 Å². The molecule has 346 valence electrons. The number of hydrogen-bond acceptors (Lipinski definition) is 9. The van der Waals surface area contributed by atoms with Crippen LogP contribution in [0, 0.1) is 0 Å². The van der Waals surface area contributed by atoms with Gasteiger partial charge in [-0.25, -0.2) is 4.67 Å². The first-order valence-corrected chi connectivity index (χ1v) is 23.8. The molecule has 2 heterocycles. The van der Waals surface area contributed by atoms with Gasteiger partial charge in [0.25, 0.3) is 11.8 Å². The van der Waals surface area contributed by atoms with E-state index in [4.69, 9.17) is 20.5 Å². The van der Waals surface area contributed by atoms with E-state index < -0.39 is 37.0 Å². The summed E-state index contributed by atoms with van der Waals surface area (Å²) in [6, 6.07) is 42.3. The maximum absolute atomic E-state index is 14.2. The van der Waals surface area contributed by atoms with Crippen molar-refractivity contribution in [2.45, 2.75) is 50.0 Å². The van der Waals surface area contributed by atoms with Gasteiger partial charge in [0.2, 0.25) is 6.41 Å². The summed E-state index contributed by atoms with van der Waals surface area (Å²) in [5, 5.41) is 5.22. The zero-order chi connectivity index (χ0) is 46.9. The predicted molar refractivity (Wildman–Crippen MR) is 245 cm³/mol. The smallest absolute Gasteiger partial charge is 0.406 e. The molecule has 17 heteroatoms. The molecule has 3 atom stereocenters. The number of benzene rings is 5. The number of likely N-dealkylation sites (N-methyl/N-ethyl adjacent to an activating group) is 1. The van der Waals surface area contributed by atoms with Crippen molar-refractivity contribution in [1.82, 2.24) is 25.1 Å². The maximum atomic E-state index is 14.2. The van der Waals surface area contributed by atoms with E-state index >= 15 is 0 Å². The second-order valence-corrected chi connectivity index (χ2v) is 19.1. The molecule has 0 spiro atoms. The molecule has 0 aliphatic carbocycles. The number of nitrogens with zero attached hydrogens (tertiary/aromatic N) is 3. The van der Waals surface area contributed by atoms with E-state index in [-0.39, 0.29) is 43.0 Å². The van der Waals surface area contributed by atoms with Gasteiger partial charge in [-0.3, -0.25) is 29.2 Å². The quantitative estimate of drug-likeness (QED) is 0.0428. The number of piperidine rings is 1. The van der Waals surface area contributed by atoms with E-state index in [1.54, 1.807) is 54.0 Å². The minimum absolute atomic E-state index is 0.143. The second-order valence-electron chi connectivity index (χ2n) is 16.1. The van der Waals surface area contributed by atoms with Gasteiger partial charge < -0.3 is 24.2 Å². The first-order chi connectivity index (χ1) is 31.7. The molecule has 0 radical (unpaired) electrons. The summed E-state index contributed by atoms with van der Waals surface area (Å²) in [4.78, 5) is 41.2. The minimum Gasteiger partial charge on any atom is -0.406 e. The fourth-order valence-corrected chi connectivity index (χ4v) is 10.4. The summed E-state index contributed by atoms with van der Waals surface area (Å²) in [7, 11) is 1.78. The van der Waals surface area contributed by atoms with Gasteiger partial charge in [-0.2, -0.15) is 0 Å². The van der Waals surface area contributed by atoms with Crippen molar-refractivity contribution in [2.24, 2.45) is 0 Å². The molecule has 2 aliphatic rings. The highest BCUT2D eigenvalue weighted by molar-refractivity contribution is 7.83. The zero-order valence-corrected chi connectivity index (χ0v) is 37.9. The van der Waals surface area contributed by atoms with Crippen LogP contribution in [0.2, 0.25) is 0 Å². The Morgan fingerprint density at radius 3 is 1.95 bits per heavy atom. The Balaban J connectivity index is 1.06. The minimum atomic E-state index is -4.80. The van der Waals surface area contributed by atoms with Crippen molar-refractivity contribution in [1.29, 1.82) is 0 Å². The summed E-state index contributed by atoms with van der Waals surface area (Å²) in [6.45, 7) is -1.25. The molecule has 0 bridgehead atoms. The van der Waals surface area contributed by atoms with Crippen LogP contribution in [-0.2, 0) is 29.0 Å². The van der Waals surface area contributed by atoms with Crippen molar-refractivity contribution in [3.63, 3.8) is 0 Å². The van der Waals surface area contributed by atoms with Gasteiger partial charge in [-0.05, 0) is 83.1 Å². The summed E-state index contributed by atoms with van der Waals surface area (Å²) < 4.78 is 70.5. The van der Waals surface area contributed by atoms with E-state index in [9.17, 15) is 32.1 Å². The molecule has 5 aromatic carbocycles. The van der Waals surface area contributed by atoms with Crippen molar-refractivity contribution < 1.29 is 46.1 Å². The van der Waals surface area contributed by atoms with Gasteiger partial charge in [-0.15, -0.1) is 13.2 Å². The number of carbonyl (C=O) groups excluding carboxylic acids is 3. The Bertz CT molecular complexity index is 2420. The average molecular weight is 944 g/mol. The van der Waals surface area contributed by atoms with Crippen molar-refractivity contribution in [3.05, 3.63) is 174 Å². The summed E-state index contributed by atoms with van der Waals surface area (Å²) in [5.41, 5.74) is 4.05. The van der Waals surface area contributed by atoms with E-state index in [1.807, 2.05) is 54.6 Å². The topological polar surface area (TPSA) is 130 Å². The molecule has 2 N–H and O–H groups in total. The molecule has 12 nitrogen and oxygen atoms in total. The molecule has 2 aliphatic heterocycles. The lowest BCUT2D eigenvalue weighted by Crippen LogP contribution is -2.61. The van der Waals surface area contributed by atoms with Crippen molar-refractivity contribution >= 4 is 36.3 Å². The third-order valence-corrected chi connectivity index (χ3v) is 14.2. The van der Waals surface area contributed by atoms with Crippen LogP contribution in [0.25, 0.3) is 11.1 Å². The number of nitrogens with one attached hydrogen (secondary N) is 2. The number of rotatable bonds is 16. The number of hydrogen-bond donors (Lipinski definition) is 2. The first-order valence-electron chi connectivity index (χ1n) is 21.3. The van der Waals surface area contributed by atoms with E-state index in [0.29, 0.717) is 49.0 Å². The molecular weight excluding hydrogens is 894 g/mol. The third kappa shape index (κ3) is 11.6. The Labute approximate surface area is 386 Å². The monoisotopic (exact) mass is 943 g/mol. The summed E-state index contributed by atoms with van der Waals surface area (Å²) in [5.74, 6) is -1.23. The highest BCUT2D eigenvalue weighted by Gasteiger charge is 2.47. The Kier molecular flexibility index (Phi) is 15.5. The molecule has 66 heavy (non-hydrogen) atoms. The molecule has 5 aromatic rings. The molecule has 7 rings (SSSR count). The van der Waals surface area contributed by atoms with Crippen molar-refractivity contribution in [2.75, 3.05) is 39.8 Å². The predicted octanol–water partition coefficient (Wildman–Crippen LogP) is 8.94. The normalized spacial score (nSPS) is 18.7. The van der Waals surface area contributed by atoms with Crippen LogP contribution in [0.15, 0.2) is 151 Å². The van der Waals surface area contributed by atoms with E-state index in [2.05, 4.69) is 56.7 Å². The average Bonchev–Trinajstić information content (AvgIpc) is 3.32. The second kappa shape index (κ2) is 21.2. The van der Waals surface area contributed by atoms with Crippen LogP contribution in [0.1, 0.15) is 46.8 Å². The van der Waals surface area contributed by atoms with Gasteiger partial charge in [0.15, 0.2) is 0 Å². The Morgan fingerprint density at radius 2 is 1.41 bits per heavy atom. The van der Waals surface area contributed by atoms with Gasteiger partial charge in [0.1, 0.15) is 12.0 Å². The lowest BCUT2D eigenvalue weighted by molar-refractivity contribution is -0.274. The van der Waals surface area contributed by atoms with Gasteiger partial charge in [0, 0.05) is 56.6 Å². The highest BCUT2D eigenvalue weighted by Crippen LogP contribution is 2.57. The van der Waals surface area contributed by atoms with Crippen LogP contribution >= 0.6 is 18.1 Å². The zero-order valence-electron chi connectivity index (χ0n) is 36.3. The van der Waals surface area contributed by atoms with Crippen LogP contribution in [0.5, 0.6) is 5.75 Å². The van der Waals surface area contributed by atoms with E-state index in [0.717, 1.165) is 16.7 Å². The lowest BCUT2D eigenvalue weighted by Gasteiger charge is -2.51. The number of amides is 3. The molecule has 0 aromatic heterocycles. The molecule has 3 amide bonds. The fraction of sp³-hybridized carbons (Fsp3) is 0.286. The van der Waals surface area contributed by atoms with Crippen LogP contribution < -0.4 is 15.4 Å². The third-order valence-electron chi connectivity index (χ3n) is 11.7. The number of morpholine rings is 1. The number of imide groups is 1. The summed E-state index contributed by atoms with van der Waals surface area (Å²) >= 11 is 6.79. The standard InChI is InChI=1S/C49H50ClF3N5O7P/c1-35(46(60)54-34-59)30-56(2)45-32-57(48(39-15-6-3-7-16-39,40-17-8-4-9-18-40)41-19-10-5-11-20-41)31-44(64-45)33-63-66(50,62)58-27-25-42(26-28-58)55-47(61)38-14-12-13-37(29-38)36-21-23-43(24-22-36)65-49(51,52)53/h3-24,29-30,34,42,44-45H,25-28,31-33H2,1-2H3,(H,55,61)(H,54,59,60)/b35-30-. The largest absolute Gasteiger partial charge is 0.573 e. The molecule has 2 fully saturated rings. The van der Waals surface area contributed by atoms with Gasteiger partial charge in [0.05, 0.1) is 18.2 Å². The summed E-state index contributed by atoms with van der Waals surface area (Å²) in [6.07, 6.45) is -3.32. The van der Waals surface area contributed by atoms with E-state index in [1.165, 1.54) is 24.3 Å².